The molecule has 2 aromatic rings. The number of nitrogens with zero attached hydrogens (tertiary/aromatic N) is 1. The lowest BCUT2D eigenvalue weighted by Gasteiger charge is -2.19. The monoisotopic (exact) mass is 409 g/mol. The molecule has 1 atom stereocenters. The fraction of sp³-hybridized carbons (Fsp3) is 0.278. The van der Waals surface area contributed by atoms with Crippen molar-refractivity contribution in [2.24, 2.45) is 0 Å². The van der Waals surface area contributed by atoms with Crippen LogP contribution < -0.4 is 10.6 Å². The van der Waals surface area contributed by atoms with Gasteiger partial charge < -0.3 is 10.6 Å². The van der Waals surface area contributed by atoms with Crippen LogP contribution in [-0.4, -0.2) is 37.8 Å². The normalized spacial score (nSPS) is 12.4. The molecule has 2 amide bonds. The number of hydrogen-bond acceptors (Lipinski definition) is 5. The van der Waals surface area contributed by atoms with E-state index in [0.717, 1.165) is 0 Å². The number of carbonyl (C=O) groups excluding carboxylic acids is 2. The Balaban J connectivity index is 2.29. The molecule has 1 heterocycles. The Hall–Kier alpha value is -2.45. The van der Waals surface area contributed by atoms with Crippen LogP contribution in [0.4, 0.5) is 0 Å². The van der Waals surface area contributed by atoms with Crippen LogP contribution in [0.5, 0.6) is 0 Å². The van der Waals surface area contributed by atoms with Gasteiger partial charge in [-0.1, -0.05) is 17.7 Å². The largest absolute Gasteiger partial charge is 0.346 e. The SMILES string of the molecule is CC(C)NC(=O)C(=O)NC[C@H](c1cccnc1)S(=O)(=O)c1ccc(Cl)cc1. The lowest BCUT2D eigenvalue weighted by Crippen LogP contribution is -2.44. The maximum atomic E-state index is 13.1. The molecule has 0 aliphatic carbocycles. The summed E-state index contributed by atoms with van der Waals surface area (Å²) in [4.78, 5) is 27.7. The molecule has 1 aromatic heterocycles. The van der Waals surface area contributed by atoms with Gasteiger partial charge in [0.15, 0.2) is 9.84 Å². The number of aromatic nitrogens is 1. The first-order valence-electron chi connectivity index (χ1n) is 8.20. The van der Waals surface area contributed by atoms with Gasteiger partial charge in [-0.2, -0.15) is 0 Å². The van der Waals surface area contributed by atoms with E-state index in [0.29, 0.717) is 10.6 Å². The van der Waals surface area contributed by atoms with Gasteiger partial charge in [0.1, 0.15) is 5.25 Å². The zero-order valence-electron chi connectivity index (χ0n) is 14.8. The zero-order chi connectivity index (χ0) is 20.0. The second-order valence-electron chi connectivity index (χ2n) is 6.11. The molecule has 0 saturated heterocycles. The molecule has 144 valence electrons. The van der Waals surface area contributed by atoms with Gasteiger partial charge in [0.2, 0.25) is 0 Å². The summed E-state index contributed by atoms with van der Waals surface area (Å²) in [7, 11) is -3.86. The average molecular weight is 410 g/mol. The Morgan fingerprint density at radius 3 is 2.33 bits per heavy atom. The van der Waals surface area contributed by atoms with E-state index in [1.54, 1.807) is 26.0 Å². The average Bonchev–Trinajstić information content (AvgIpc) is 2.62. The minimum Gasteiger partial charge on any atom is -0.346 e. The fourth-order valence-electron chi connectivity index (χ4n) is 2.36. The van der Waals surface area contributed by atoms with E-state index in [2.05, 4.69) is 15.6 Å². The summed E-state index contributed by atoms with van der Waals surface area (Å²) in [5.41, 5.74) is 0.400. The predicted molar refractivity (Wildman–Crippen MR) is 102 cm³/mol. The van der Waals surface area contributed by atoms with Gasteiger partial charge in [-0.15, -0.1) is 0 Å². The van der Waals surface area contributed by atoms with Crippen molar-refractivity contribution in [1.29, 1.82) is 0 Å². The van der Waals surface area contributed by atoms with E-state index >= 15 is 0 Å². The van der Waals surface area contributed by atoms with Gasteiger partial charge in [0, 0.05) is 30.0 Å². The summed E-state index contributed by atoms with van der Waals surface area (Å²) in [6, 6.07) is 8.74. The maximum absolute atomic E-state index is 13.1. The Labute approximate surface area is 163 Å². The summed E-state index contributed by atoms with van der Waals surface area (Å²) >= 11 is 5.83. The van der Waals surface area contributed by atoms with Crippen molar-refractivity contribution in [3.8, 4) is 0 Å². The van der Waals surface area contributed by atoms with Crippen LogP contribution in [-0.2, 0) is 19.4 Å². The first-order valence-corrected chi connectivity index (χ1v) is 10.1. The van der Waals surface area contributed by atoms with Gasteiger partial charge in [0.25, 0.3) is 0 Å². The Kier molecular flexibility index (Phi) is 6.92. The van der Waals surface area contributed by atoms with Gasteiger partial charge in [0.05, 0.1) is 4.90 Å². The van der Waals surface area contributed by atoms with Crippen molar-refractivity contribution < 1.29 is 18.0 Å². The number of nitrogens with one attached hydrogen (secondary N) is 2. The third-order valence-electron chi connectivity index (χ3n) is 3.65. The molecular formula is C18H20ClN3O4S. The van der Waals surface area contributed by atoms with Crippen LogP contribution in [0.25, 0.3) is 0 Å². The molecule has 9 heteroatoms. The van der Waals surface area contributed by atoms with Gasteiger partial charge in [-0.05, 0) is 49.7 Å². The highest BCUT2D eigenvalue weighted by Gasteiger charge is 2.30. The van der Waals surface area contributed by atoms with Crippen LogP contribution in [0.15, 0.2) is 53.7 Å². The van der Waals surface area contributed by atoms with Crippen LogP contribution in [0, 0.1) is 0 Å². The molecule has 0 radical (unpaired) electrons. The van der Waals surface area contributed by atoms with E-state index in [1.807, 2.05) is 0 Å². The highest BCUT2D eigenvalue weighted by molar-refractivity contribution is 7.91. The number of rotatable bonds is 6. The molecule has 2 N–H and O–H groups in total. The Morgan fingerprint density at radius 1 is 1.11 bits per heavy atom. The van der Waals surface area contributed by atoms with Crippen molar-refractivity contribution in [1.82, 2.24) is 15.6 Å². The van der Waals surface area contributed by atoms with Crippen LogP contribution in [0.1, 0.15) is 24.7 Å². The number of benzene rings is 1. The smallest absolute Gasteiger partial charge is 0.309 e. The molecule has 0 aliphatic heterocycles. The second kappa shape index (κ2) is 8.96. The standard InChI is InChI=1S/C18H20ClN3O4S/c1-12(2)22-18(24)17(23)21-11-16(13-4-3-9-20-10-13)27(25,26)15-7-5-14(19)6-8-15/h3-10,12,16H,11H2,1-2H3,(H,21,23)(H,22,24)/t16-/m1/s1. The van der Waals surface area contributed by atoms with Gasteiger partial charge in [-0.3, -0.25) is 14.6 Å². The van der Waals surface area contributed by atoms with E-state index in [9.17, 15) is 18.0 Å². The molecule has 0 aliphatic rings. The van der Waals surface area contributed by atoms with Gasteiger partial charge in [-0.25, -0.2) is 8.42 Å². The maximum Gasteiger partial charge on any atom is 0.309 e. The molecule has 0 saturated carbocycles. The molecule has 27 heavy (non-hydrogen) atoms. The van der Waals surface area contributed by atoms with Crippen LogP contribution in [0.2, 0.25) is 5.02 Å². The van der Waals surface area contributed by atoms with Crippen LogP contribution in [0.3, 0.4) is 0 Å². The molecule has 2 rings (SSSR count). The number of sulfone groups is 1. The number of hydrogen-bond donors (Lipinski definition) is 2. The highest BCUT2D eigenvalue weighted by atomic mass is 35.5. The lowest BCUT2D eigenvalue weighted by atomic mass is 10.2. The Bertz CT molecular complexity index is 900. The van der Waals surface area contributed by atoms with Crippen LogP contribution >= 0.6 is 11.6 Å². The van der Waals surface area contributed by atoms with E-state index in [1.165, 1.54) is 36.7 Å². The summed E-state index contributed by atoms with van der Waals surface area (Å²) in [5, 5.41) is 4.14. The molecule has 0 unspecified atom stereocenters. The topological polar surface area (TPSA) is 105 Å². The molecule has 0 fully saturated rings. The summed E-state index contributed by atoms with van der Waals surface area (Å²) in [6.07, 6.45) is 2.93. The highest BCUT2D eigenvalue weighted by Crippen LogP contribution is 2.28. The van der Waals surface area contributed by atoms with Gasteiger partial charge >= 0.3 is 11.8 Å². The van der Waals surface area contributed by atoms with Crippen molar-refractivity contribution >= 4 is 33.3 Å². The van der Waals surface area contributed by atoms with E-state index in [-0.39, 0.29) is 17.5 Å². The molecule has 0 bridgehead atoms. The number of halogens is 1. The van der Waals surface area contributed by atoms with E-state index in [4.69, 9.17) is 11.6 Å². The number of pyridine rings is 1. The van der Waals surface area contributed by atoms with E-state index < -0.39 is 26.9 Å². The summed E-state index contributed by atoms with van der Waals surface area (Å²) < 4.78 is 26.2. The molecule has 0 spiro atoms. The lowest BCUT2D eigenvalue weighted by molar-refractivity contribution is -0.139. The fourth-order valence-corrected chi connectivity index (χ4v) is 4.13. The minimum atomic E-state index is -3.86. The molecular weight excluding hydrogens is 390 g/mol. The second-order valence-corrected chi connectivity index (χ2v) is 8.68. The zero-order valence-corrected chi connectivity index (χ0v) is 16.4. The first-order chi connectivity index (χ1) is 12.7. The summed E-state index contributed by atoms with van der Waals surface area (Å²) in [6.45, 7) is 3.16. The minimum absolute atomic E-state index is 0.0571. The third-order valence-corrected chi connectivity index (χ3v) is 6.02. The van der Waals surface area contributed by atoms with Crippen molar-refractivity contribution in [2.75, 3.05) is 6.54 Å². The predicted octanol–water partition coefficient (Wildman–Crippen LogP) is 1.89. The number of carbonyl (C=O) groups is 2. The van der Waals surface area contributed by atoms with Crippen molar-refractivity contribution in [3.05, 3.63) is 59.4 Å². The molecule has 7 nitrogen and oxygen atoms in total. The molecule has 1 aromatic carbocycles. The van der Waals surface area contributed by atoms with Crippen molar-refractivity contribution in [2.45, 2.75) is 30.0 Å². The van der Waals surface area contributed by atoms with Crippen molar-refractivity contribution in [3.63, 3.8) is 0 Å². The Morgan fingerprint density at radius 2 is 1.78 bits per heavy atom. The summed E-state index contributed by atoms with van der Waals surface area (Å²) in [5.74, 6) is -1.72. The third kappa shape index (κ3) is 5.51. The first kappa shape index (κ1) is 20.9. The number of amides is 2. The quantitative estimate of drug-likeness (QED) is 0.709.